The average molecular weight is 314 g/mol. The van der Waals surface area contributed by atoms with Gasteiger partial charge >= 0.3 is 0 Å². The van der Waals surface area contributed by atoms with Gasteiger partial charge in [-0.15, -0.1) is 0 Å². The average Bonchev–Trinajstić information content (AvgIpc) is 2.25. The summed E-state index contributed by atoms with van der Waals surface area (Å²) in [5.41, 5.74) is 7.40. The smallest absolute Gasteiger partial charge is 0.153 e. The lowest BCUT2D eigenvalue weighted by Crippen LogP contribution is -1.95. The van der Waals surface area contributed by atoms with Gasteiger partial charge in [0.05, 0.1) is 5.69 Å². The summed E-state index contributed by atoms with van der Waals surface area (Å²) in [7, 11) is 0. The summed E-state index contributed by atoms with van der Waals surface area (Å²) in [6.45, 7) is 1.92. The van der Waals surface area contributed by atoms with E-state index in [2.05, 4.69) is 20.9 Å². The van der Waals surface area contributed by atoms with Crippen LogP contribution in [0.1, 0.15) is 5.56 Å². The van der Waals surface area contributed by atoms with Crippen molar-refractivity contribution >= 4 is 33.2 Å². The van der Waals surface area contributed by atoms with Crippen LogP contribution in [0.2, 0.25) is 5.02 Å². The Morgan fingerprint density at radius 1 is 1.41 bits per heavy atom. The Bertz CT molecular complexity index is 537. The Hall–Kier alpha value is -1.26. The predicted molar refractivity (Wildman–Crippen MR) is 72.6 cm³/mol. The van der Waals surface area contributed by atoms with Crippen molar-refractivity contribution in [3.8, 4) is 11.5 Å². The van der Waals surface area contributed by atoms with Gasteiger partial charge in [0.25, 0.3) is 0 Å². The summed E-state index contributed by atoms with van der Waals surface area (Å²) in [5.74, 6) is 1.15. The highest BCUT2D eigenvalue weighted by Crippen LogP contribution is 2.36. The molecule has 17 heavy (non-hydrogen) atoms. The molecule has 0 unspecified atom stereocenters. The second-order valence-electron chi connectivity index (χ2n) is 3.55. The molecule has 1 aromatic heterocycles. The van der Waals surface area contributed by atoms with E-state index in [1.165, 1.54) is 6.20 Å². The fraction of sp³-hybridized carbons (Fsp3) is 0.0833. The SMILES string of the molecule is Cc1cc(Br)cc(N)c1Oc1ccncc1Cl. The van der Waals surface area contributed by atoms with Crippen LogP contribution in [0.5, 0.6) is 11.5 Å². The number of anilines is 1. The number of pyridine rings is 1. The second kappa shape index (κ2) is 4.94. The van der Waals surface area contributed by atoms with Gasteiger partial charge in [0, 0.05) is 22.9 Å². The Morgan fingerprint density at radius 2 is 2.18 bits per heavy atom. The number of aryl methyl sites for hydroxylation is 1. The van der Waals surface area contributed by atoms with Crippen LogP contribution < -0.4 is 10.5 Å². The molecule has 0 saturated carbocycles. The highest BCUT2D eigenvalue weighted by molar-refractivity contribution is 9.10. The normalized spacial score (nSPS) is 10.3. The molecule has 0 bridgehead atoms. The molecule has 0 amide bonds. The fourth-order valence-electron chi connectivity index (χ4n) is 1.45. The third kappa shape index (κ3) is 2.70. The summed E-state index contributed by atoms with van der Waals surface area (Å²) in [4.78, 5) is 3.89. The summed E-state index contributed by atoms with van der Waals surface area (Å²) in [6, 6.07) is 5.42. The zero-order valence-corrected chi connectivity index (χ0v) is 11.4. The van der Waals surface area contributed by atoms with Crippen molar-refractivity contribution < 1.29 is 4.74 Å². The van der Waals surface area contributed by atoms with E-state index in [0.717, 1.165) is 10.0 Å². The summed E-state index contributed by atoms with van der Waals surface area (Å²) in [5, 5.41) is 0.453. The first-order valence-electron chi connectivity index (χ1n) is 4.91. The van der Waals surface area contributed by atoms with Crippen LogP contribution in [0.4, 0.5) is 5.69 Å². The lowest BCUT2D eigenvalue weighted by atomic mass is 10.2. The molecule has 0 aliphatic carbocycles. The van der Waals surface area contributed by atoms with Crippen molar-refractivity contribution in [1.29, 1.82) is 0 Å². The van der Waals surface area contributed by atoms with Gasteiger partial charge in [-0.05, 0) is 24.6 Å². The highest BCUT2D eigenvalue weighted by Gasteiger charge is 2.09. The minimum Gasteiger partial charge on any atom is -0.453 e. The van der Waals surface area contributed by atoms with Crippen molar-refractivity contribution in [1.82, 2.24) is 4.98 Å². The molecule has 3 nitrogen and oxygen atoms in total. The number of hydrogen-bond acceptors (Lipinski definition) is 3. The van der Waals surface area contributed by atoms with Crippen LogP contribution in [0, 0.1) is 6.92 Å². The van der Waals surface area contributed by atoms with Crippen LogP contribution in [0.3, 0.4) is 0 Å². The van der Waals surface area contributed by atoms with E-state index in [1.807, 2.05) is 13.0 Å². The maximum absolute atomic E-state index is 5.97. The number of hydrogen-bond donors (Lipinski definition) is 1. The van der Waals surface area contributed by atoms with E-state index >= 15 is 0 Å². The van der Waals surface area contributed by atoms with Crippen molar-refractivity contribution in [2.24, 2.45) is 0 Å². The zero-order chi connectivity index (χ0) is 12.4. The molecule has 0 atom stereocenters. The van der Waals surface area contributed by atoms with Crippen LogP contribution >= 0.6 is 27.5 Å². The fourth-order valence-corrected chi connectivity index (χ4v) is 2.20. The van der Waals surface area contributed by atoms with Gasteiger partial charge in [-0.2, -0.15) is 0 Å². The molecule has 2 N–H and O–H groups in total. The first-order chi connectivity index (χ1) is 8.08. The van der Waals surface area contributed by atoms with E-state index < -0.39 is 0 Å². The minimum absolute atomic E-state index is 0.453. The number of nitrogen functional groups attached to an aromatic ring is 1. The van der Waals surface area contributed by atoms with E-state index in [-0.39, 0.29) is 0 Å². The number of nitrogens with zero attached hydrogens (tertiary/aromatic N) is 1. The predicted octanol–water partition coefficient (Wildman–Crippen LogP) is 4.18. The van der Waals surface area contributed by atoms with Crippen LogP contribution in [-0.2, 0) is 0 Å². The molecule has 88 valence electrons. The third-order valence-corrected chi connectivity index (χ3v) is 2.96. The molecule has 2 aromatic rings. The van der Waals surface area contributed by atoms with Gasteiger partial charge in [0.1, 0.15) is 10.8 Å². The van der Waals surface area contributed by atoms with E-state index in [9.17, 15) is 0 Å². The number of ether oxygens (including phenoxy) is 1. The van der Waals surface area contributed by atoms with E-state index in [0.29, 0.717) is 22.2 Å². The van der Waals surface area contributed by atoms with Crippen molar-refractivity contribution in [2.45, 2.75) is 6.92 Å². The minimum atomic E-state index is 0.453. The van der Waals surface area contributed by atoms with Crippen molar-refractivity contribution in [3.63, 3.8) is 0 Å². The quantitative estimate of drug-likeness (QED) is 0.846. The second-order valence-corrected chi connectivity index (χ2v) is 4.87. The number of halogens is 2. The lowest BCUT2D eigenvalue weighted by Gasteiger charge is -2.12. The Balaban J connectivity index is 2.40. The molecule has 0 spiro atoms. The molecule has 0 radical (unpaired) electrons. The highest BCUT2D eigenvalue weighted by atomic mass is 79.9. The molecule has 0 fully saturated rings. The Morgan fingerprint density at radius 3 is 2.82 bits per heavy atom. The lowest BCUT2D eigenvalue weighted by molar-refractivity contribution is 0.481. The summed E-state index contributed by atoms with van der Waals surface area (Å²) < 4.78 is 6.63. The first-order valence-corrected chi connectivity index (χ1v) is 6.08. The number of nitrogens with two attached hydrogens (primary N) is 1. The van der Waals surface area contributed by atoms with Gasteiger partial charge in [-0.3, -0.25) is 4.98 Å². The summed E-state index contributed by atoms with van der Waals surface area (Å²) in [6.07, 6.45) is 3.15. The Labute approximate surface area is 113 Å². The molecular formula is C12H10BrClN2O. The monoisotopic (exact) mass is 312 g/mol. The molecule has 1 heterocycles. The van der Waals surface area contributed by atoms with Crippen molar-refractivity contribution in [3.05, 3.63) is 45.7 Å². The first kappa shape index (κ1) is 12.2. The number of rotatable bonds is 2. The van der Waals surface area contributed by atoms with E-state index in [4.69, 9.17) is 22.1 Å². The Kier molecular flexibility index (Phi) is 3.54. The maximum Gasteiger partial charge on any atom is 0.153 e. The van der Waals surface area contributed by atoms with Crippen LogP contribution in [-0.4, -0.2) is 4.98 Å². The molecule has 0 aliphatic heterocycles. The zero-order valence-electron chi connectivity index (χ0n) is 9.08. The van der Waals surface area contributed by atoms with Gasteiger partial charge in [0.15, 0.2) is 5.75 Å². The summed E-state index contributed by atoms with van der Waals surface area (Å²) >= 11 is 9.35. The molecule has 2 rings (SSSR count). The molecule has 0 saturated heterocycles. The molecule has 1 aromatic carbocycles. The largest absolute Gasteiger partial charge is 0.453 e. The third-order valence-electron chi connectivity index (χ3n) is 2.22. The molecular weight excluding hydrogens is 304 g/mol. The molecule has 0 aliphatic rings. The van der Waals surface area contributed by atoms with Gasteiger partial charge in [0.2, 0.25) is 0 Å². The number of aromatic nitrogens is 1. The topological polar surface area (TPSA) is 48.1 Å². The van der Waals surface area contributed by atoms with Crippen LogP contribution in [0.25, 0.3) is 0 Å². The maximum atomic E-state index is 5.97. The van der Waals surface area contributed by atoms with E-state index in [1.54, 1.807) is 18.3 Å². The van der Waals surface area contributed by atoms with Gasteiger partial charge in [-0.1, -0.05) is 27.5 Å². The standard InChI is InChI=1S/C12H10BrClN2O/c1-7-4-8(13)5-10(15)12(7)17-11-2-3-16-6-9(11)14/h2-6H,15H2,1H3. The van der Waals surface area contributed by atoms with Gasteiger partial charge in [-0.25, -0.2) is 0 Å². The van der Waals surface area contributed by atoms with Crippen LogP contribution in [0.15, 0.2) is 35.1 Å². The van der Waals surface area contributed by atoms with Gasteiger partial charge < -0.3 is 10.5 Å². The number of benzene rings is 1. The van der Waals surface area contributed by atoms with Crippen molar-refractivity contribution in [2.75, 3.05) is 5.73 Å². The molecule has 5 heteroatoms.